The van der Waals surface area contributed by atoms with Gasteiger partial charge in [0.05, 0.1) is 6.10 Å². The van der Waals surface area contributed by atoms with Crippen molar-refractivity contribution < 1.29 is 5.11 Å². The lowest BCUT2D eigenvalue weighted by Gasteiger charge is -2.27. The van der Waals surface area contributed by atoms with Gasteiger partial charge in [0.25, 0.3) is 0 Å². The molecule has 5 nitrogen and oxygen atoms in total. The predicted octanol–water partition coefficient (Wildman–Crippen LogP) is 1.68. The maximum atomic E-state index is 9.84. The molecule has 1 fully saturated rings. The van der Waals surface area contributed by atoms with Crippen LogP contribution in [0, 0.1) is 5.92 Å². The third-order valence-corrected chi connectivity index (χ3v) is 3.54. The van der Waals surface area contributed by atoms with Crippen molar-refractivity contribution >= 4 is 23.1 Å². The van der Waals surface area contributed by atoms with Crippen LogP contribution in [0.1, 0.15) is 25.7 Å². The van der Waals surface area contributed by atoms with Crippen LogP contribution < -0.4 is 11.1 Å². The highest BCUT2D eigenvalue weighted by molar-refractivity contribution is 6.32. The Morgan fingerprint density at radius 1 is 1.41 bits per heavy atom. The Labute approximate surface area is 105 Å². The van der Waals surface area contributed by atoms with Crippen LogP contribution in [0.4, 0.5) is 11.5 Å². The molecule has 2 atom stereocenters. The number of nitrogens with one attached hydrogen (secondary N) is 1. The van der Waals surface area contributed by atoms with Crippen LogP contribution in [0.25, 0.3) is 0 Å². The molecule has 2 rings (SSSR count). The molecule has 1 heterocycles. The number of aliphatic hydroxyl groups is 1. The highest BCUT2D eigenvalue weighted by atomic mass is 35.5. The second-order valence-electron chi connectivity index (χ2n) is 4.42. The van der Waals surface area contributed by atoms with Gasteiger partial charge >= 0.3 is 0 Å². The highest BCUT2D eigenvalue weighted by Gasteiger charge is 2.23. The Bertz CT molecular complexity index is 388. The third-order valence-electron chi connectivity index (χ3n) is 3.24. The van der Waals surface area contributed by atoms with Crippen LogP contribution in [0.5, 0.6) is 0 Å². The van der Waals surface area contributed by atoms with Crippen molar-refractivity contribution in [2.24, 2.45) is 5.92 Å². The van der Waals surface area contributed by atoms with Crippen molar-refractivity contribution in [3.05, 3.63) is 11.5 Å². The molecule has 0 aromatic carbocycles. The molecule has 17 heavy (non-hydrogen) atoms. The summed E-state index contributed by atoms with van der Waals surface area (Å²) in [5.74, 6) is 0.805. The number of anilines is 2. The zero-order valence-electron chi connectivity index (χ0n) is 9.56. The number of aliphatic hydroxyl groups excluding tert-OH is 1. The van der Waals surface area contributed by atoms with E-state index in [1.54, 1.807) is 0 Å². The van der Waals surface area contributed by atoms with Gasteiger partial charge in [0.2, 0.25) is 0 Å². The lowest BCUT2D eigenvalue weighted by molar-refractivity contribution is 0.0763. The van der Waals surface area contributed by atoms with Gasteiger partial charge in [-0.15, -0.1) is 0 Å². The summed E-state index contributed by atoms with van der Waals surface area (Å²) in [5, 5.41) is 13.2. The molecule has 1 aromatic heterocycles. The van der Waals surface area contributed by atoms with E-state index in [2.05, 4.69) is 15.3 Å². The first kappa shape index (κ1) is 12.4. The fourth-order valence-electron chi connectivity index (χ4n) is 2.17. The average molecular weight is 257 g/mol. The Hall–Kier alpha value is -1.07. The SMILES string of the molecule is Nc1c(Cl)ncnc1NCC1CCCCC1O. The minimum absolute atomic E-state index is 0.227. The number of halogens is 1. The Morgan fingerprint density at radius 2 is 2.18 bits per heavy atom. The Morgan fingerprint density at radius 3 is 2.94 bits per heavy atom. The maximum absolute atomic E-state index is 9.84. The number of rotatable bonds is 3. The van der Waals surface area contributed by atoms with Gasteiger partial charge in [-0.1, -0.05) is 24.4 Å². The van der Waals surface area contributed by atoms with E-state index in [1.807, 2.05) is 0 Å². The lowest BCUT2D eigenvalue weighted by atomic mass is 9.86. The molecule has 0 saturated heterocycles. The number of hydrogen-bond acceptors (Lipinski definition) is 5. The first-order chi connectivity index (χ1) is 8.18. The fourth-order valence-corrected chi connectivity index (χ4v) is 2.30. The molecule has 1 saturated carbocycles. The Kier molecular flexibility index (Phi) is 4.02. The van der Waals surface area contributed by atoms with Crippen molar-refractivity contribution in [2.75, 3.05) is 17.6 Å². The van der Waals surface area contributed by atoms with Crippen LogP contribution in [0.3, 0.4) is 0 Å². The molecule has 0 bridgehead atoms. The topological polar surface area (TPSA) is 84.1 Å². The average Bonchev–Trinajstić information content (AvgIpc) is 2.33. The van der Waals surface area contributed by atoms with Gasteiger partial charge in [-0.2, -0.15) is 0 Å². The minimum Gasteiger partial charge on any atom is -0.393 e. The number of hydrogen-bond donors (Lipinski definition) is 3. The van der Waals surface area contributed by atoms with Crippen molar-refractivity contribution in [1.29, 1.82) is 0 Å². The van der Waals surface area contributed by atoms with E-state index in [0.29, 0.717) is 18.1 Å². The molecule has 0 radical (unpaired) electrons. The molecule has 0 spiro atoms. The molecule has 2 unspecified atom stereocenters. The van der Waals surface area contributed by atoms with E-state index in [9.17, 15) is 5.11 Å². The maximum Gasteiger partial charge on any atom is 0.157 e. The van der Waals surface area contributed by atoms with Crippen LogP contribution >= 0.6 is 11.6 Å². The van der Waals surface area contributed by atoms with Crippen molar-refractivity contribution in [3.8, 4) is 0 Å². The standard InChI is InChI=1S/C11H17ClN4O/c12-10-9(13)11(16-6-15-10)14-5-7-3-1-2-4-8(7)17/h6-8,17H,1-5,13H2,(H,14,15,16). The largest absolute Gasteiger partial charge is 0.393 e. The Balaban J connectivity index is 1.95. The summed E-state index contributed by atoms with van der Waals surface area (Å²) < 4.78 is 0. The van der Waals surface area contributed by atoms with E-state index in [0.717, 1.165) is 19.3 Å². The number of nitrogens with zero attached hydrogens (tertiary/aromatic N) is 2. The van der Waals surface area contributed by atoms with Gasteiger partial charge < -0.3 is 16.2 Å². The zero-order valence-corrected chi connectivity index (χ0v) is 10.3. The summed E-state index contributed by atoms with van der Waals surface area (Å²) in [5.41, 5.74) is 6.11. The number of aromatic nitrogens is 2. The van der Waals surface area contributed by atoms with Crippen LogP contribution in [0.15, 0.2) is 6.33 Å². The fraction of sp³-hybridized carbons (Fsp3) is 0.636. The monoisotopic (exact) mass is 256 g/mol. The number of nitrogens with two attached hydrogens (primary N) is 1. The summed E-state index contributed by atoms with van der Waals surface area (Å²) in [4.78, 5) is 7.82. The molecule has 1 aromatic rings. The normalized spacial score (nSPS) is 24.6. The van der Waals surface area contributed by atoms with E-state index in [-0.39, 0.29) is 17.2 Å². The minimum atomic E-state index is -0.227. The van der Waals surface area contributed by atoms with Crippen molar-refractivity contribution in [2.45, 2.75) is 31.8 Å². The molecular formula is C11H17ClN4O. The summed E-state index contributed by atoms with van der Waals surface area (Å²) >= 11 is 5.80. The molecule has 94 valence electrons. The summed E-state index contributed by atoms with van der Waals surface area (Å²) in [6.45, 7) is 0.665. The van der Waals surface area contributed by atoms with Gasteiger partial charge in [0.15, 0.2) is 11.0 Å². The van der Waals surface area contributed by atoms with Crippen LogP contribution in [0.2, 0.25) is 5.15 Å². The second kappa shape index (κ2) is 5.51. The molecule has 1 aliphatic carbocycles. The number of nitrogen functional groups attached to an aromatic ring is 1. The van der Waals surface area contributed by atoms with Gasteiger partial charge in [-0.25, -0.2) is 9.97 Å². The van der Waals surface area contributed by atoms with E-state index >= 15 is 0 Å². The first-order valence-electron chi connectivity index (χ1n) is 5.86. The van der Waals surface area contributed by atoms with Gasteiger partial charge in [-0.05, 0) is 12.8 Å². The molecule has 1 aliphatic rings. The zero-order chi connectivity index (χ0) is 12.3. The predicted molar refractivity (Wildman–Crippen MR) is 67.9 cm³/mol. The quantitative estimate of drug-likeness (QED) is 0.717. The van der Waals surface area contributed by atoms with Crippen LogP contribution in [-0.4, -0.2) is 27.7 Å². The van der Waals surface area contributed by atoms with Gasteiger partial charge in [0.1, 0.15) is 12.0 Å². The molecule has 4 N–H and O–H groups in total. The second-order valence-corrected chi connectivity index (χ2v) is 4.78. The summed E-state index contributed by atoms with van der Waals surface area (Å²) in [7, 11) is 0. The summed E-state index contributed by atoms with van der Waals surface area (Å²) in [6.07, 6.45) is 5.34. The van der Waals surface area contributed by atoms with Gasteiger partial charge in [0, 0.05) is 12.5 Å². The van der Waals surface area contributed by atoms with Crippen LogP contribution in [-0.2, 0) is 0 Å². The van der Waals surface area contributed by atoms with Gasteiger partial charge in [-0.3, -0.25) is 0 Å². The third kappa shape index (κ3) is 2.98. The van der Waals surface area contributed by atoms with E-state index in [4.69, 9.17) is 17.3 Å². The summed E-state index contributed by atoms with van der Waals surface area (Å²) in [6, 6.07) is 0. The molecule has 0 aliphatic heterocycles. The lowest BCUT2D eigenvalue weighted by Crippen LogP contribution is -2.30. The molecular weight excluding hydrogens is 240 g/mol. The smallest absolute Gasteiger partial charge is 0.157 e. The molecule has 6 heteroatoms. The molecule has 0 amide bonds. The van der Waals surface area contributed by atoms with Crippen molar-refractivity contribution in [3.63, 3.8) is 0 Å². The van der Waals surface area contributed by atoms with E-state index < -0.39 is 0 Å². The highest BCUT2D eigenvalue weighted by Crippen LogP contribution is 2.26. The van der Waals surface area contributed by atoms with Crippen molar-refractivity contribution in [1.82, 2.24) is 9.97 Å². The first-order valence-corrected chi connectivity index (χ1v) is 6.24. The van der Waals surface area contributed by atoms with E-state index in [1.165, 1.54) is 12.7 Å².